The number of nitrogens with zero attached hydrogens (tertiary/aromatic N) is 1. The number of nitrogens with one attached hydrogen (secondary N) is 1. The minimum atomic E-state index is -3.71. The second kappa shape index (κ2) is 9.96. The van der Waals surface area contributed by atoms with Crippen LogP contribution >= 0.6 is 0 Å². The zero-order chi connectivity index (χ0) is 26.0. The van der Waals surface area contributed by atoms with Crippen LogP contribution in [0.1, 0.15) is 29.6 Å². The molecule has 0 bridgehead atoms. The fourth-order valence-electron chi connectivity index (χ4n) is 3.91. The third-order valence-electron chi connectivity index (χ3n) is 6.00. The fourth-order valence-corrected chi connectivity index (χ4v) is 4.93. The lowest BCUT2D eigenvalue weighted by Gasteiger charge is -2.19. The van der Waals surface area contributed by atoms with E-state index in [1.165, 1.54) is 30.2 Å². The minimum Gasteiger partial charge on any atom is -0.465 e. The molecule has 1 aliphatic heterocycles. The van der Waals surface area contributed by atoms with Crippen molar-refractivity contribution in [2.24, 2.45) is 0 Å². The van der Waals surface area contributed by atoms with E-state index in [1.807, 2.05) is 32.0 Å². The van der Waals surface area contributed by atoms with Crippen molar-refractivity contribution in [2.45, 2.75) is 32.2 Å². The number of furan rings is 1. The van der Waals surface area contributed by atoms with Crippen LogP contribution in [0.3, 0.4) is 0 Å². The Labute approximate surface area is 209 Å². The molecule has 0 fully saturated rings. The number of aryl methyl sites for hydroxylation is 2. The van der Waals surface area contributed by atoms with E-state index in [2.05, 4.69) is 4.72 Å². The third-order valence-corrected chi connectivity index (χ3v) is 7.41. The van der Waals surface area contributed by atoms with Gasteiger partial charge in [-0.1, -0.05) is 24.3 Å². The van der Waals surface area contributed by atoms with E-state index in [0.717, 1.165) is 11.1 Å². The second-order valence-corrected chi connectivity index (χ2v) is 10.1. The Morgan fingerprint density at radius 1 is 1.03 bits per heavy atom. The topological polar surface area (TPSA) is 106 Å². The standard InChI is InChI=1S/C27H26N2O6S/c1-17-10-11-20(14-18(17)2)29-19(3)25(27(31)34-4)24(26(29)30)15-21-12-13-22(35-21)16-28-36(32,33)23-8-6-5-7-9-23/h5-15,28H,16H2,1-4H3. The summed E-state index contributed by atoms with van der Waals surface area (Å²) in [6, 6.07) is 16.8. The molecule has 36 heavy (non-hydrogen) atoms. The zero-order valence-electron chi connectivity index (χ0n) is 20.4. The van der Waals surface area contributed by atoms with Crippen molar-refractivity contribution < 1.29 is 27.2 Å². The maximum atomic E-state index is 13.4. The van der Waals surface area contributed by atoms with Crippen molar-refractivity contribution in [3.05, 3.63) is 100 Å². The second-order valence-electron chi connectivity index (χ2n) is 8.36. The Balaban J connectivity index is 1.62. The normalized spacial score (nSPS) is 15.2. The lowest BCUT2D eigenvalue weighted by molar-refractivity contribution is -0.136. The Morgan fingerprint density at radius 2 is 1.75 bits per heavy atom. The van der Waals surface area contributed by atoms with Crippen molar-refractivity contribution in [3.63, 3.8) is 0 Å². The molecule has 8 nitrogen and oxygen atoms in total. The SMILES string of the molecule is COC(=O)C1=C(C)N(c2ccc(C)c(C)c2)C(=O)C1=Cc1ccc(CNS(=O)(=O)c2ccccc2)o1. The number of benzene rings is 2. The molecule has 0 radical (unpaired) electrons. The van der Waals surface area contributed by atoms with Gasteiger partial charge in [0.25, 0.3) is 5.91 Å². The monoisotopic (exact) mass is 506 g/mol. The van der Waals surface area contributed by atoms with Crippen molar-refractivity contribution in [2.75, 3.05) is 12.0 Å². The molecule has 0 aliphatic carbocycles. The summed E-state index contributed by atoms with van der Waals surface area (Å²) in [4.78, 5) is 27.7. The number of esters is 1. The predicted molar refractivity (Wildman–Crippen MR) is 135 cm³/mol. The van der Waals surface area contributed by atoms with Gasteiger partial charge in [-0.05, 0) is 74.4 Å². The van der Waals surface area contributed by atoms with E-state index in [9.17, 15) is 18.0 Å². The van der Waals surface area contributed by atoms with Crippen molar-refractivity contribution in [3.8, 4) is 0 Å². The lowest BCUT2D eigenvalue weighted by atomic mass is 10.1. The number of hydrogen-bond donors (Lipinski definition) is 1. The first kappa shape index (κ1) is 25.2. The quantitative estimate of drug-likeness (QED) is 0.379. The molecule has 1 amide bonds. The highest BCUT2D eigenvalue weighted by Gasteiger charge is 2.38. The van der Waals surface area contributed by atoms with Gasteiger partial charge in [-0.2, -0.15) is 0 Å². The van der Waals surface area contributed by atoms with Crippen molar-refractivity contribution in [1.82, 2.24) is 4.72 Å². The fraction of sp³-hybridized carbons (Fsp3) is 0.185. The molecule has 1 N–H and O–H groups in total. The van der Waals surface area contributed by atoms with E-state index in [0.29, 0.717) is 22.9 Å². The molecule has 2 aromatic carbocycles. The highest BCUT2D eigenvalue weighted by Crippen LogP contribution is 2.36. The largest absolute Gasteiger partial charge is 0.465 e. The van der Waals surface area contributed by atoms with Gasteiger partial charge in [-0.3, -0.25) is 9.69 Å². The molecule has 9 heteroatoms. The van der Waals surface area contributed by atoms with Gasteiger partial charge in [0.1, 0.15) is 11.5 Å². The average Bonchev–Trinajstić information content (AvgIpc) is 3.41. The molecule has 0 atom stereocenters. The number of ether oxygens (including phenoxy) is 1. The molecule has 2 heterocycles. The number of hydrogen-bond acceptors (Lipinski definition) is 6. The zero-order valence-corrected chi connectivity index (χ0v) is 21.2. The lowest BCUT2D eigenvalue weighted by Crippen LogP contribution is -2.24. The van der Waals surface area contributed by atoms with Gasteiger partial charge in [0.05, 0.1) is 29.7 Å². The minimum absolute atomic E-state index is 0.0815. The Kier molecular flexibility index (Phi) is 6.96. The van der Waals surface area contributed by atoms with Crippen LogP contribution in [0.5, 0.6) is 0 Å². The van der Waals surface area contributed by atoms with Gasteiger partial charge < -0.3 is 9.15 Å². The summed E-state index contributed by atoms with van der Waals surface area (Å²) in [5, 5.41) is 0. The van der Waals surface area contributed by atoms with Crippen molar-refractivity contribution >= 4 is 33.7 Å². The molecule has 186 valence electrons. The summed E-state index contributed by atoms with van der Waals surface area (Å²) in [5.41, 5.74) is 3.46. The van der Waals surface area contributed by atoms with E-state index in [-0.39, 0.29) is 28.5 Å². The number of methoxy groups -OCH3 is 1. The number of rotatable bonds is 7. The van der Waals surface area contributed by atoms with E-state index < -0.39 is 16.0 Å². The average molecular weight is 507 g/mol. The number of anilines is 1. The molecular formula is C27H26N2O6S. The Hall–Kier alpha value is -3.95. The summed E-state index contributed by atoms with van der Waals surface area (Å²) in [5.74, 6) is -0.388. The number of carbonyl (C=O) groups is 2. The molecule has 0 saturated carbocycles. The molecule has 1 aromatic heterocycles. The molecule has 0 saturated heterocycles. The Bertz CT molecular complexity index is 1500. The summed E-state index contributed by atoms with van der Waals surface area (Å²) >= 11 is 0. The first-order valence-corrected chi connectivity index (χ1v) is 12.7. The molecular weight excluding hydrogens is 480 g/mol. The number of allylic oxidation sites excluding steroid dienone is 1. The van der Waals surface area contributed by atoms with Gasteiger partial charge in [-0.25, -0.2) is 17.9 Å². The van der Waals surface area contributed by atoms with Crippen molar-refractivity contribution in [1.29, 1.82) is 0 Å². The van der Waals surface area contributed by atoms with E-state index >= 15 is 0 Å². The summed E-state index contributed by atoms with van der Waals surface area (Å²) in [7, 11) is -2.45. The van der Waals surface area contributed by atoms with Crippen LogP contribution < -0.4 is 9.62 Å². The molecule has 4 rings (SSSR count). The molecule has 3 aromatic rings. The molecule has 1 aliphatic rings. The van der Waals surface area contributed by atoms with Gasteiger partial charge >= 0.3 is 5.97 Å². The number of amides is 1. The first-order chi connectivity index (χ1) is 17.1. The number of carbonyl (C=O) groups excluding carboxylic acids is 2. The van der Waals surface area contributed by atoms with Crippen LogP contribution in [0.4, 0.5) is 5.69 Å². The van der Waals surface area contributed by atoms with Gasteiger partial charge in [0.15, 0.2) is 0 Å². The van der Waals surface area contributed by atoms with Gasteiger partial charge in [0, 0.05) is 11.4 Å². The van der Waals surface area contributed by atoms with Crippen LogP contribution in [-0.4, -0.2) is 27.4 Å². The van der Waals surface area contributed by atoms with Crippen LogP contribution in [-0.2, 0) is 30.9 Å². The van der Waals surface area contributed by atoms with Crippen LogP contribution in [0.25, 0.3) is 6.08 Å². The smallest absolute Gasteiger partial charge is 0.340 e. The van der Waals surface area contributed by atoms with E-state index in [1.54, 1.807) is 37.3 Å². The van der Waals surface area contributed by atoms with Crippen LogP contribution in [0, 0.1) is 13.8 Å². The summed E-state index contributed by atoms with van der Waals surface area (Å²) in [6.45, 7) is 5.54. The summed E-state index contributed by atoms with van der Waals surface area (Å²) in [6.07, 6.45) is 1.47. The summed E-state index contributed by atoms with van der Waals surface area (Å²) < 4.78 is 38.1. The highest BCUT2D eigenvalue weighted by atomic mass is 32.2. The van der Waals surface area contributed by atoms with Crippen LogP contribution in [0.2, 0.25) is 0 Å². The third kappa shape index (κ3) is 4.89. The predicted octanol–water partition coefficient (Wildman–Crippen LogP) is 4.25. The highest BCUT2D eigenvalue weighted by molar-refractivity contribution is 7.89. The van der Waals surface area contributed by atoms with Gasteiger partial charge in [0.2, 0.25) is 10.0 Å². The molecule has 0 spiro atoms. The first-order valence-electron chi connectivity index (χ1n) is 11.2. The maximum absolute atomic E-state index is 13.4. The maximum Gasteiger partial charge on any atom is 0.340 e. The number of sulfonamides is 1. The van der Waals surface area contributed by atoms with E-state index in [4.69, 9.17) is 9.15 Å². The van der Waals surface area contributed by atoms with Gasteiger partial charge in [-0.15, -0.1) is 0 Å². The molecule has 0 unspecified atom stereocenters. The Morgan fingerprint density at radius 3 is 2.42 bits per heavy atom. The van der Waals surface area contributed by atoms with Crippen LogP contribution in [0.15, 0.2) is 86.8 Å².